The molecule has 1 saturated carbocycles. The third-order valence-corrected chi connectivity index (χ3v) is 4.46. The van der Waals surface area contributed by atoms with Gasteiger partial charge in [-0.25, -0.2) is 14.2 Å². The van der Waals surface area contributed by atoms with Crippen molar-refractivity contribution in [2.75, 3.05) is 23.8 Å². The minimum absolute atomic E-state index is 0.0174. The minimum atomic E-state index is -0.738. The second-order valence-electron chi connectivity index (χ2n) is 6.22. The van der Waals surface area contributed by atoms with E-state index in [0.717, 1.165) is 25.3 Å². The van der Waals surface area contributed by atoms with Gasteiger partial charge in [0.25, 0.3) is 5.56 Å². The number of pyridine rings is 1. The van der Waals surface area contributed by atoms with Crippen molar-refractivity contribution in [2.45, 2.75) is 31.3 Å². The number of aromatic nitrogens is 3. The molecule has 0 bridgehead atoms. The highest BCUT2D eigenvalue weighted by atomic mass is 19.1. The number of rotatable bonds is 2. The summed E-state index contributed by atoms with van der Waals surface area (Å²) in [5.41, 5.74) is 4.70. The number of nitrogen functional groups attached to an aromatic ring is 1. The maximum Gasteiger partial charge on any atom is 0.351 e. The van der Waals surface area contributed by atoms with Crippen molar-refractivity contribution >= 4 is 16.9 Å². The summed E-state index contributed by atoms with van der Waals surface area (Å²) in [5.74, 6) is 5.06. The van der Waals surface area contributed by atoms with Crippen LogP contribution in [-0.4, -0.2) is 33.4 Å². The molecule has 0 aromatic carbocycles. The van der Waals surface area contributed by atoms with E-state index in [1.807, 2.05) is 0 Å². The molecule has 4 rings (SSSR count). The van der Waals surface area contributed by atoms with Gasteiger partial charge in [0, 0.05) is 25.2 Å². The zero-order chi connectivity index (χ0) is 16.3. The van der Waals surface area contributed by atoms with Crippen LogP contribution >= 0.6 is 0 Å². The van der Waals surface area contributed by atoms with Crippen LogP contribution < -0.4 is 27.7 Å². The first kappa shape index (κ1) is 14.2. The largest absolute Gasteiger partial charge is 0.353 e. The topological polar surface area (TPSA) is 112 Å². The summed E-state index contributed by atoms with van der Waals surface area (Å²) in [5, 5.41) is 0.0174. The van der Waals surface area contributed by atoms with Crippen molar-refractivity contribution in [3.8, 4) is 0 Å². The Labute approximate surface area is 130 Å². The molecule has 1 aliphatic carbocycles. The maximum atomic E-state index is 14.4. The van der Waals surface area contributed by atoms with E-state index in [1.165, 1.54) is 4.57 Å². The van der Waals surface area contributed by atoms with Gasteiger partial charge in [-0.2, -0.15) is 4.68 Å². The molecule has 1 saturated heterocycles. The van der Waals surface area contributed by atoms with Crippen LogP contribution in [0.1, 0.15) is 25.3 Å². The monoisotopic (exact) mass is 320 g/mol. The SMILES string of the molecule is N[C@H]1CCN(c2nc3c(cc2F)c(=O)n(N)c(=O)n3C2CC2)C1. The normalized spacial score (nSPS) is 21.3. The number of nitrogens with two attached hydrogens (primary N) is 2. The molecule has 0 radical (unpaired) electrons. The Balaban J connectivity index is 2.00. The van der Waals surface area contributed by atoms with Crippen molar-refractivity contribution in [1.82, 2.24) is 14.2 Å². The Morgan fingerprint density at radius 2 is 2.00 bits per heavy atom. The van der Waals surface area contributed by atoms with Crippen LogP contribution in [0.5, 0.6) is 0 Å². The molecule has 23 heavy (non-hydrogen) atoms. The number of fused-ring (bicyclic) bond motifs is 1. The molecule has 2 fully saturated rings. The molecule has 122 valence electrons. The van der Waals surface area contributed by atoms with Crippen LogP contribution in [0.2, 0.25) is 0 Å². The average molecular weight is 320 g/mol. The highest BCUT2D eigenvalue weighted by Gasteiger charge is 2.30. The van der Waals surface area contributed by atoms with E-state index >= 15 is 0 Å². The van der Waals surface area contributed by atoms with Gasteiger partial charge < -0.3 is 16.5 Å². The molecule has 4 N–H and O–H groups in total. The first-order valence-corrected chi connectivity index (χ1v) is 7.61. The third kappa shape index (κ3) is 2.11. The molecule has 0 spiro atoms. The van der Waals surface area contributed by atoms with Gasteiger partial charge in [0.05, 0.1) is 5.39 Å². The molecular weight excluding hydrogens is 303 g/mol. The summed E-state index contributed by atoms with van der Waals surface area (Å²) < 4.78 is 16.4. The van der Waals surface area contributed by atoms with Gasteiger partial charge >= 0.3 is 5.69 Å². The standard InChI is InChI=1S/C14H17FN6O2/c15-10-5-9-11(18-12(10)19-4-3-7(16)6-19)20(8-1-2-8)14(23)21(17)13(9)22/h5,7-8H,1-4,6,16-17H2/t7-/m0/s1. The van der Waals surface area contributed by atoms with Crippen molar-refractivity contribution in [3.63, 3.8) is 0 Å². The number of anilines is 1. The predicted molar refractivity (Wildman–Crippen MR) is 83.4 cm³/mol. The molecule has 3 heterocycles. The van der Waals surface area contributed by atoms with Crippen LogP contribution in [0.15, 0.2) is 15.7 Å². The highest BCUT2D eigenvalue weighted by molar-refractivity contribution is 5.77. The number of halogens is 1. The van der Waals surface area contributed by atoms with Crippen LogP contribution in [0, 0.1) is 5.82 Å². The highest BCUT2D eigenvalue weighted by Crippen LogP contribution is 2.35. The second-order valence-corrected chi connectivity index (χ2v) is 6.22. The molecule has 2 aromatic rings. The predicted octanol–water partition coefficient (Wildman–Crippen LogP) is -0.717. The van der Waals surface area contributed by atoms with Gasteiger partial charge in [-0.3, -0.25) is 9.36 Å². The Bertz CT molecular complexity index is 916. The van der Waals surface area contributed by atoms with Crippen molar-refractivity contribution in [1.29, 1.82) is 0 Å². The molecule has 0 amide bonds. The van der Waals surface area contributed by atoms with Gasteiger partial charge in [0.15, 0.2) is 17.3 Å². The van der Waals surface area contributed by atoms with Crippen LogP contribution in [0.3, 0.4) is 0 Å². The summed E-state index contributed by atoms with van der Waals surface area (Å²) in [6.07, 6.45) is 2.38. The first-order valence-electron chi connectivity index (χ1n) is 7.61. The fourth-order valence-corrected chi connectivity index (χ4v) is 3.10. The van der Waals surface area contributed by atoms with Gasteiger partial charge in [0.2, 0.25) is 0 Å². The fraction of sp³-hybridized carbons (Fsp3) is 0.500. The van der Waals surface area contributed by atoms with E-state index in [9.17, 15) is 14.0 Å². The van der Waals surface area contributed by atoms with Crippen molar-refractivity contribution in [2.24, 2.45) is 5.73 Å². The first-order chi connectivity index (χ1) is 11.0. The lowest BCUT2D eigenvalue weighted by molar-refractivity contribution is 0.610. The van der Waals surface area contributed by atoms with Gasteiger partial charge in [-0.1, -0.05) is 0 Å². The van der Waals surface area contributed by atoms with Crippen LogP contribution in [0.25, 0.3) is 11.0 Å². The molecule has 8 nitrogen and oxygen atoms in total. The minimum Gasteiger partial charge on any atom is -0.353 e. The Hall–Kier alpha value is -2.42. The average Bonchev–Trinajstić information content (AvgIpc) is 3.26. The molecule has 2 aromatic heterocycles. The van der Waals surface area contributed by atoms with Crippen LogP contribution in [-0.2, 0) is 0 Å². The zero-order valence-electron chi connectivity index (χ0n) is 12.4. The maximum absolute atomic E-state index is 14.4. The zero-order valence-corrected chi connectivity index (χ0v) is 12.4. The number of nitrogens with zero attached hydrogens (tertiary/aromatic N) is 4. The van der Waals surface area contributed by atoms with Crippen LogP contribution in [0.4, 0.5) is 10.2 Å². The lowest BCUT2D eigenvalue weighted by atomic mass is 10.3. The van der Waals surface area contributed by atoms with Crippen molar-refractivity contribution < 1.29 is 4.39 Å². The third-order valence-electron chi connectivity index (χ3n) is 4.46. The van der Waals surface area contributed by atoms with Gasteiger partial charge in [-0.05, 0) is 25.3 Å². The molecular formula is C14H17FN6O2. The molecule has 2 aliphatic rings. The lowest BCUT2D eigenvalue weighted by Crippen LogP contribution is -2.45. The van der Waals surface area contributed by atoms with E-state index in [4.69, 9.17) is 11.6 Å². The summed E-state index contributed by atoms with van der Waals surface area (Å²) in [4.78, 5) is 30.5. The molecule has 1 atom stereocenters. The van der Waals surface area contributed by atoms with E-state index in [2.05, 4.69) is 4.98 Å². The smallest absolute Gasteiger partial charge is 0.351 e. The summed E-state index contributed by atoms with van der Waals surface area (Å²) in [6, 6.07) is 1.05. The number of hydrogen-bond acceptors (Lipinski definition) is 6. The quantitative estimate of drug-likeness (QED) is 0.707. The summed E-state index contributed by atoms with van der Waals surface area (Å²) in [6.45, 7) is 1.09. The Kier molecular flexibility index (Phi) is 2.95. The van der Waals surface area contributed by atoms with E-state index in [1.54, 1.807) is 4.90 Å². The molecule has 9 heteroatoms. The van der Waals surface area contributed by atoms with E-state index < -0.39 is 17.1 Å². The summed E-state index contributed by atoms with van der Waals surface area (Å²) in [7, 11) is 0. The summed E-state index contributed by atoms with van der Waals surface area (Å²) >= 11 is 0. The fourth-order valence-electron chi connectivity index (χ4n) is 3.10. The number of hydrogen-bond donors (Lipinski definition) is 2. The molecule has 0 unspecified atom stereocenters. The van der Waals surface area contributed by atoms with Gasteiger partial charge in [0.1, 0.15) is 0 Å². The van der Waals surface area contributed by atoms with E-state index in [0.29, 0.717) is 17.8 Å². The Morgan fingerprint density at radius 3 is 2.61 bits per heavy atom. The molecule has 1 aliphatic heterocycles. The second kappa shape index (κ2) is 4.79. The van der Waals surface area contributed by atoms with Crippen molar-refractivity contribution in [3.05, 3.63) is 32.7 Å². The van der Waals surface area contributed by atoms with E-state index in [-0.39, 0.29) is 28.9 Å². The van der Waals surface area contributed by atoms with Gasteiger partial charge in [-0.15, -0.1) is 0 Å². The lowest BCUT2D eigenvalue weighted by Gasteiger charge is -2.19. The Morgan fingerprint density at radius 1 is 1.26 bits per heavy atom.